The molecule has 0 heterocycles. The lowest BCUT2D eigenvalue weighted by atomic mass is 9.88. The van der Waals surface area contributed by atoms with Crippen molar-refractivity contribution in [1.29, 1.82) is 0 Å². The molecule has 156 valence electrons. The van der Waals surface area contributed by atoms with E-state index in [0.29, 0.717) is 10.5 Å². The van der Waals surface area contributed by atoms with Gasteiger partial charge in [0.25, 0.3) is 0 Å². The molecule has 3 rings (SSSR count). The van der Waals surface area contributed by atoms with E-state index in [4.69, 9.17) is 4.74 Å². The van der Waals surface area contributed by atoms with Crippen LogP contribution >= 0.6 is 12.8 Å². The number of allylic oxidation sites excluding steroid dienone is 1. The lowest BCUT2D eigenvalue weighted by Gasteiger charge is -2.21. The first kappa shape index (κ1) is 22.0. The molecule has 0 atom stereocenters. The Hall–Kier alpha value is -2.69. The molecule has 0 radical (unpaired) electrons. The monoisotopic (exact) mass is 420 g/mol. The third kappa shape index (κ3) is 5.91. The molecule has 0 fully saturated rings. The van der Waals surface area contributed by atoms with Crippen LogP contribution in [-0.2, 0) is 0 Å². The standard InChI is InChI=1S/C26H29NO2S/c1-4-25(20-8-6-5-7-9-20)26(21-10-14-23(28)15-11-21)22-12-16-24(17-13-22)29-19-18-27(2,3)30/h5-17,30H,4,18-19H2,1-3H3/p+1/b26-25-. The van der Waals surface area contributed by atoms with E-state index in [1.54, 1.807) is 12.1 Å². The van der Waals surface area contributed by atoms with Crippen LogP contribution in [0, 0.1) is 0 Å². The Morgan fingerprint density at radius 1 is 0.833 bits per heavy atom. The van der Waals surface area contributed by atoms with Crippen LogP contribution in [0.2, 0.25) is 0 Å². The van der Waals surface area contributed by atoms with Gasteiger partial charge in [-0.1, -0.05) is 61.5 Å². The molecule has 0 amide bonds. The van der Waals surface area contributed by atoms with E-state index in [2.05, 4.69) is 56.1 Å². The lowest BCUT2D eigenvalue weighted by molar-refractivity contribution is -0.747. The van der Waals surface area contributed by atoms with Gasteiger partial charge in [0.2, 0.25) is 0 Å². The van der Waals surface area contributed by atoms with Crippen LogP contribution in [0.25, 0.3) is 11.1 Å². The summed E-state index contributed by atoms with van der Waals surface area (Å²) in [4.78, 5) is 0. The predicted octanol–water partition coefficient (Wildman–Crippen LogP) is 6.06. The normalized spacial score (nSPS) is 12.4. The largest absolute Gasteiger partial charge is 0.508 e. The molecule has 0 aromatic heterocycles. The number of rotatable bonds is 8. The van der Waals surface area contributed by atoms with Crippen molar-refractivity contribution in [3.8, 4) is 11.5 Å². The van der Waals surface area contributed by atoms with E-state index in [9.17, 15) is 5.11 Å². The van der Waals surface area contributed by atoms with Crippen molar-refractivity contribution in [1.82, 2.24) is 0 Å². The second kappa shape index (κ2) is 9.88. The van der Waals surface area contributed by atoms with Gasteiger partial charge in [-0.25, -0.2) is 0 Å². The summed E-state index contributed by atoms with van der Waals surface area (Å²) in [6, 6.07) is 26.1. The molecule has 1 N–H and O–H groups in total. The number of hydrogen-bond acceptors (Lipinski definition) is 3. The maximum atomic E-state index is 9.76. The number of phenols is 1. The highest BCUT2D eigenvalue weighted by Crippen LogP contribution is 2.35. The van der Waals surface area contributed by atoms with Crippen LogP contribution in [0.5, 0.6) is 11.5 Å². The van der Waals surface area contributed by atoms with Crippen molar-refractivity contribution in [3.05, 3.63) is 95.6 Å². The van der Waals surface area contributed by atoms with Crippen LogP contribution in [0.4, 0.5) is 0 Å². The van der Waals surface area contributed by atoms with Gasteiger partial charge in [-0.05, 0) is 58.5 Å². The van der Waals surface area contributed by atoms with E-state index < -0.39 is 0 Å². The SMILES string of the molecule is CC/C(=C(\c1ccc(O)cc1)c1ccc(OCC[N+](C)(C)S)cc1)c1ccccc1. The highest BCUT2D eigenvalue weighted by Gasteiger charge is 2.14. The molecule has 0 aliphatic carbocycles. The number of quaternary nitrogens is 1. The zero-order chi connectivity index (χ0) is 21.6. The zero-order valence-corrected chi connectivity index (χ0v) is 18.8. The van der Waals surface area contributed by atoms with Crippen molar-refractivity contribution in [3.63, 3.8) is 0 Å². The number of benzene rings is 3. The molecule has 3 aromatic rings. The van der Waals surface area contributed by atoms with Crippen molar-refractivity contribution in [2.75, 3.05) is 27.2 Å². The highest BCUT2D eigenvalue weighted by atomic mass is 32.1. The summed E-state index contributed by atoms with van der Waals surface area (Å²) in [6.45, 7) is 3.61. The van der Waals surface area contributed by atoms with E-state index in [1.807, 2.05) is 44.4 Å². The fourth-order valence-electron chi connectivity index (χ4n) is 3.41. The molecule has 0 aliphatic heterocycles. The molecule has 0 unspecified atom stereocenters. The molecular weight excluding hydrogens is 390 g/mol. The first-order valence-electron chi connectivity index (χ1n) is 10.2. The van der Waals surface area contributed by atoms with Gasteiger partial charge < -0.3 is 9.84 Å². The Labute approximate surface area is 185 Å². The number of thiol groups is 1. The van der Waals surface area contributed by atoms with Crippen molar-refractivity contribution < 1.29 is 13.7 Å². The van der Waals surface area contributed by atoms with Gasteiger partial charge in [-0.2, -0.15) is 0 Å². The fourth-order valence-corrected chi connectivity index (χ4v) is 3.49. The number of nitrogens with zero attached hydrogens (tertiary/aromatic N) is 1. The van der Waals surface area contributed by atoms with Gasteiger partial charge in [0.1, 0.15) is 24.7 Å². The maximum absolute atomic E-state index is 9.76. The molecule has 30 heavy (non-hydrogen) atoms. The Morgan fingerprint density at radius 3 is 1.93 bits per heavy atom. The third-order valence-electron chi connectivity index (χ3n) is 4.98. The van der Waals surface area contributed by atoms with Gasteiger partial charge in [0, 0.05) is 0 Å². The third-order valence-corrected chi connectivity index (χ3v) is 5.18. The van der Waals surface area contributed by atoms with Crippen LogP contribution in [0.1, 0.15) is 30.0 Å². The summed E-state index contributed by atoms with van der Waals surface area (Å²) in [7, 11) is 4.06. The smallest absolute Gasteiger partial charge is 0.138 e. The van der Waals surface area contributed by atoms with Crippen molar-refractivity contribution in [2.45, 2.75) is 13.3 Å². The first-order valence-corrected chi connectivity index (χ1v) is 10.6. The minimum atomic E-state index is 0.269. The van der Waals surface area contributed by atoms with Crippen LogP contribution < -0.4 is 4.74 Å². The van der Waals surface area contributed by atoms with Gasteiger partial charge >= 0.3 is 0 Å². The summed E-state index contributed by atoms with van der Waals surface area (Å²) in [5, 5.41) is 9.76. The van der Waals surface area contributed by atoms with Crippen molar-refractivity contribution in [2.24, 2.45) is 0 Å². The number of likely N-dealkylation sites (N-methyl/N-ethyl adjacent to an activating group) is 1. The van der Waals surface area contributed by atoms with E-state index in [0.717, 1.165) is 29.8 Å². The molecule has 3 aromatic carbocycles. The Balaban J connectivity index is 1.99. The quantitative estimate of drug-likeness (QED) is 0.263. The molecule has 0 saturated carbocycles. The van der Waals surface area contributed by atoms with E-state index in [-0.39, 0.29) is 5.75 Å². The molecule has 0 spiro atoms. The minimum absolute atomic E-state index is 0.269. The number of phenolic OH excluding ortho intramolecular Hbond substituents is 1. The topological polar surface area (TPSA) is 29.5 Å². The van der Waals surface area contributed by atoms with Crippen molar-refractivity contribution >= 4 is 24.0 Å². The molecule has 0 aliphatic rings. The average molecular weight is 421 g/mol. The summed E-state index contributed by atoms with van der Waals surface area (Å²) in [6.07, 6.45) is 0.896. The van der Waals surface area contributed by atoms with Gasteiger partial charge in [-0.15, -0.1) is 0 Å². The Kier molecular flexibility index (Phi) is 7.24. The number of ether oxygens (including phenoxy) is 1. The van der Waals surface area contributed by atoms with Crippen LogP contribution in [0.15, 0.2) is 78.9 Å². The van der Waals surface area contributed by atoms with E-state index in [1.165, 1.54) is 16.7 Å². The molecule has 0 bridgehead atoms. The predicted molar refractivity (Wildman–Crippen MR) is 129 cm³/mol. The first-order chi connectivity index (χ1) is 14.4. The Bertz CT molecular complexity index is 972. The minimum Gasteiger partial charge on any atom is -0.508 e. The number of aromatic hydroxyl groups is 1. The maximum Gasteiger partial charge on any atom is 0.138 e. The summed E-state index contributed by atoms with van der Waals surface area (Å²) >= 11 is 4.49. The van der Waals surface area contributed by atoms with E-state index >= 15 is 0 Å². The Morgan fingerprint density at radius 2 is 1.40 bits per heavy atom. The fraction of sp³-hybridized carbons (Fsp3) is 0.231. The number of hydrogen-bond donors (Lipinski definition) is 2. The second-order valence-corrected chi connectivity index (χ2v) is 8.92. The summed E-state index contributed by atoms with van der Waals surface area (Å²) in [5.41, 5.74) is 5.85. The highest BCUT2D eigenvalue weighted by molar-refractivity contribution is 7.74. The molecule has 0 saturated heterocycles. The van der Waals surface area contributed by atoms with Gasteiger partial charge in [-0.3, -0.25) is 3.89 Å². The van der Waals surface area contributed by atoms with Gasteiger partial charge in [0.05, 0.1) is 26.9 Å². The molecule has 3 nitrogen and oxygen atoms in total. The van der Waals surface area contributed by atoms with Gasteiger partial charge in [0.15, 0.2) is 0 Å². The zero-order valence-electron chi connectivity index (χ0n) is 17.9. The molecular formula is C26H30NO2S+. The van der Waals surface area contributed by atoms with Crippen LogP contribution in [-0.4, -0.2) is 36.2 Å². The molecule has 4 heteroatoms. The summed E-state index contributed by atoms with van der Waals surface area (Å²) < 4.78 is 6.47. The summed E-state index contributed by atoms with van der Waals surface area (Å²) in [5.74, 6) is 1.12. The average Bonchev–Trinajstić information content (AvgIpc) is 2.73. The second-order valence-electron chi connectivity index (χ2n) is 7.84. The van der Waals surface area contributed by atoms with Crippen LogP contribution in [0.3, 0.4) is 0 Å². The lowest BCUT2D eigenvalue weighted by Crippen LogP contribution is -2.32.